The van der Waals surface area contributed by atoms with Crippen molar-refractivity contribution in [1.29, 1.82) is 0 Å². The third-order valence-electron chi connectivity index (χ3n) is 2.78. The van der Waals surface area contributed by atoms with Gasteiger partial charge < -0.3 is 15.7 Å². The summed E-state index contributed by atoms with van der Waals surface area (Å²) in [7, 11) is 0. The molecule has 5 heteroatoms. The van der Waals surface area contributed by atoms with Gasteiger partial charge in [0, 0.05) is 17.1 Å². The Bertz CT molecular complexity index is 437. The number of aliphatic hydroxyl groups is 1. The molecule has 1 aliphatic heterocycles. The Morgan fingerprint density at radius 2 is 2.29 bits per heavy atom. The van der Waals surface area contributed by atoms with Crippen LogP contribution in [-0.2, 0) is 4.79 Å². The van der Waals surface area contributed by atoms with Crippen molar-refractivity contribution in [2.24, 2.45) is 0 Å². The number of hydrogen-bond donors (Lipinski definition) is 2. The highest BCUT2D eigenvalue weighted by atomic mass is 32.2. The Morgan fingerprint density at radius 1 is 1.53 bits per heavy atom. The number of nitrogens with two attached hydrogens (primary N) is 1. The van der Waals surface area contributed by atoms with Gasteiger partial charge in [0.15, 0.2) is 0 Å². The van der Waals surface area contributed by atoms with Crippen LogP contribution in [0, 0.1) is 0 Å². The third-order valence-corrected chi connectivity index (χ3v) is 4.18. The van der Waals surface area contributed by atoms with Crippen LogP contribution >= 0.6 is 11.8 Å². The van der Waals surface area contributed by atoms with Crippen LogP contribution in [0.5, 0.6) is 0 Å². The molecule has 17 heavy (non-hydrogen) atoms. The minimum Gasteiger partial charge on any atom is -0.399 e. The van der Waals surface area contributed by atoms with Gasteiger partial charge in [-0.1, -0.05) is 6.92 Å². The summed E-state index contributed by atoms with van der Waals surface area (Å²) in [6.07, 6.45) is 0.777. The van der Waals surface area contributed by atoms with Crippen molar-refractivity contribution >= 4 is 29.0 Å². The number of thioether (sulfide) groups is 1. The molecule has 3 N–H and O–H groups in total. The van der Waals surface area contributed by atoms with E-state index in [0.29, 0.717) is 12.2 Å². The van der Waals surface area contributed by atoms with Crippen molar-refractivity contribution in [2.75, 3.05) is 23.8 Å². The minimum absolute atomic E-state index is 0.0311. The first-order chi connectivity index (χ1) is 8.17. The Kier molecular flexibility index (Phi) is 3.59. The molecule has 2 rings (SSSR count). The number of nitrogen functional groups attached to an aromatic ring is 1. The summed E-state index contributed by atoms with van der Waals surface area (Å²) in [5.41, 5.74) is 7.31. The molecule has 1 atom stereocenters. The van der Waals surface area contributed by atoms with Crippen molar-refractivity contribution in [2.45, 2.75) is 23.5 Å². The Hall–Kier alpha value is -1.20. The smallest absolute Gasteiger partial charge is 0.240 e. The van der Waals surface area contributed by atoms with Crippen molar-refractivity contribution < 1.29 is 9.90 Å². The van der Waals surface area contributed by atoms with E-state index >= 15 is 0 Å². The number of carbonyl (C=O) groups excluding carboxylic acids is 1. The lowest BCUT2D eigenvalue weighted by Crippen LogP contribution is -2.42. The number of nitrogens with zero attached hydrogens (tertiary/aromatic N) is 1. The van der Waals surface area contributed by atoms with Gasteiger partial charge in [-0.3, -0.25) is 4.79 Å². The Balaban J connectivity index is 2.42. The molecule has 0 saturated carbocycles. The number of fused-ring (bicyclic) bond motifs is 1. The van der Waals surface area contributed by atoms with E-state index in [1.165, 1.54) is 0 Å². The summed E-state index contributed by atoms with van der Waals surface area (Å²) in [5.74, 6) is 0.0730. The van der Waals surface area contributed by atoms with E-state index in [1.807, 2.05) is 19.1 Å². The van der Waals surface area contributed by atoms with Crippen LogP contribution in [0.15, 0.2) is 23.1 Å². The largest absolute Gasteiger partial charge is 0.399 e. The molecule has 0 radical (unpaired) electrons. The maximum absolute atomic E-state index is 12.2. The maximum Gasteiger partial charge on any atom is 0.240 e. The molecular weight excluding hydrogens is 236 g/mol. The minimum atomic E-state index is -0.0733. The number of carbonyl (C=O) groups is 1. The molecule has 1 aliphatic rings. The summed E-state index contributed by atoms with van der Waals surface area (Å²) in [5, 5.41) is 8.98. The maximum atomic E-state index is 12.2. The van der Waals surface area contributed by atoms with Gasteiger partial charge in [-0.25, -0.2) is 0 Å². The molecule has 1 aromatic carbocycles. The van der Waals surface area contributed by atoms with Crippen LogP contribution in [-0.4, -0.2) is 29.4 Å². The number of anilines is 2. The topological polar surface area (TPSA) is 66.6 Å². The summed E-state index contributed by atoms with van der Waals surface area (Å²) in [6, 6.07) is 5.51. The first kappa shape index (κ1) is 12.3. The van der Waals surface area contributed by atoms with Crippen molar-refractivity contribution in [3.8, 4) is 0 Å². The van der Waals surface area contributed by atoms with Crippen LogP contribution < -0.4 is 10.6 Å². The van der Waals surface area contributed by atoms with Gasteiger partial charge in [0.05, 0.1) is 17.5 Å². The number of hydrogen-bond acceptors (Lipinski definition) is 4. The molecule has 0 saturated heterocycles. The van der Waals surface area contributed by atoms with Gasteiger partial charge in [0.25, 0.3) is 0 Å². The molecule has 0 bridgehead atoms. The van der Waals surface area contributed by atoms with Crippen LogP contribution in [0.3, 0.4) is 0 Å². The second-order valence-electron chi connectivity index (χ2n) is 3.96. The lowest BCUT2D eigenvalue weighted by atomic mass is 10.2. The standard InChI is InChI=1S/C12H16N2O2S/c1-2-10-12(16)14(5-6-15)9-4-3-8(13)7-11(9)17-10/h3-4,7,10,15H,2,5-6,13H2,1H3. The van der Waals surface area contributed by atoms with E-state index in [4.69, 9.17) is 10.8 Å². The van der Waals surface area contributed by atoms with Crippen LogP contribution in [0.4, 0.5) is 11.4 Å². The number of rotatable bonds is 3. The fourth-order valence-electron chi connectivity index (χ4n) is 1.93. The van der Waals surface area contributed by atoms with E-state index in [2.05, 4.69) is 0 Å². The summed E-state index contributed by atoms with van der Waals surface area (Å²) >= 11 is 1.56. The Labute approximate surface area is 105 Å². The van der Waals surface area contributed by atoms with Gasteiger partial charge in [0.2, 0.25) is 5.91 Å². The van der Waals surface area contributed by atoms with Gasteiger partial charge in [-0.05, 0) is 24.6 Å². The fourth-order valence-corrected chi connectivity index (χ4v) is 3.14. The van der Waals surface area contributed by atoms with E-state index in [9.17, 15) is 4.79 Å². The van der Waals surface area contributed by atoms with E-state index < -0.39 is 0 Å². The summed E-state index contributed by atoms with van der Waals surface area (Å²) < 4.78 is 0. The predicted molar refractivity (Wildman–Crippen MR) is 70.2 cm³/mol. The zero-order valence-corrected chi connectivity index (χ0v) is 10.5. The fraction of sp³-hybridized carbons (Fsp3) is 0.417. The number of aliphatic hydroxyl groups excluding tert-OH is 1. The summed E-state index contributed by atoms with van der Waals surface area (Å²) in [6.45, 7) is 2.30. The van der Waals surface area contributed by atoms with Gasteiger partial charge in [0.1, 0.15) is 0 Å². The molecule has 1 unspecified atom stereocenters. The highest BCUT2D eigenvalue weighted by molar-refractivity contribution is 8.01. The van der Waals surface area contributed by atoms with E-state index in [0.717, 1.165) is 17.0 Å². The second kappa shape index (κ2) is 4.98. The molecular formula is C12H16N2O2S. The lowest BCUT2D eigenvalue weighted by molar-refractivity contribution is -0.118. The highest BCUT2D eigenvalue weighted by Crippen LogP contribution is 2.41. The average Bonchev–Trinajstić information content (AvgIpc) is 2.32. The predicted octanol–water partition coefficient (Wildman–Crippen LogP) is 1.48. The average molecular weight is 252 g/mol. The number of amides is 1. The van der Waals surface area contributed by atoms with Crippen molar-refractivity contribution in [3.63, 3.8) is 0 Å². The van der Waals surface area contributed by atoms with Gasteiger partial charge in [-0.2, -0.15) is 0 Å². The zero-order chi connectivity index (χ0) is 12.4. The van der Waals surface area contributed by atoms with Crippen molar-refractivity contribution in [3.05, 3.63) is 18.2 Å². The van der Waals surface area contributed by atoms with Crippen LogP contribution in [0.1, 0.15) is 13.3 Å². The van der Waals surface area contributed by atoms with Gasteiger partial charge >= 0.3 is 0 Å². The SMILES string of the molecule is CCC1Sc2cc(N)ccc2N(CCO)C1=O. The summed E-state index contributed by atoms with van der Waals surface area (Å²) in [4.78, 5) is 14.8. The molecule has 0 aliphatic carbocycles. The van der Waals surface area contributed by atoms with Crippen molar-refractivity contribution in [1.82, 2.24) is 0 Å². The zero-order valence-electron chi connectivity index (χ0n) is 9.72. The first-order valence-electron chi connectivity index (χ1n) is 5.65. The van der Waals surface area contributed by atoms with Crippen LogP contribution in [0.25, 0.3) is 0 Å². The molecule has 0 aromatic heterocycles. The molecule has 0 spiro atoms. The van der Waals surface area contributed by atoms with Crippen LogP contribution in [0.2, 0.25) is 0 Å². The molecule has 0 fully saturated rings. The van der Waals surface area contributed by atoms with Gasteiger partial charge in [-0.15, -0.1) is 11.8 Å². The quantitative estimate of drug-likeness (QED) is 0.800. The Morgan fingerprint density at radius 3 is 2.94 bits per heavy atom. The monoisotopic (exact) mass is 252 g/mol. The first-order valence-corrected chi connectivity index (χ1v) is 6.53. The number of benzene rings is 1. The third kappa shape index (κ3) is 2.25. The number of β-amino-alcohol motifs (C(OH)–C–C–N with tert-alkyl or cyclic N) is 1. The van der Waals surface area contributed by atoms with E-state index in [1.54, 1.807) is 22.7 Å². The second-order valence-corrected chi connectivity index (χ2v) is 5.20. The molecule has 1 amide bonds. The highest BCUT2D eigenvalue weighted by Gasteiger charge is 2.31. The molecule has 4 nitrogen and oxygen atoms in total. The van der Waals surface area contributed by atoms with E-state index in [-0.39, 0.29) is 17.8 Å². The normalized spacial score (nSPS) is 19.3. The molecule has 1 aromatic rings. The molecule has 92 valence electrons. The molecule has 1 heterocycles. The lowest BCUT2D eigenvalue weighted by Gasteiger charge is -2.33.